The van der Waals surface area contributed by atoms with Crippen LogP contribution in [-0.4, -0.2) is 28.1 Å². The number of carbonyl (C=O) groups is 3. The molecule has 0 aliphatic rings. The molecule has 0 aromatic heterocycles. The Morgan fingerprint density at radius 1 is 1.11 bits per heavy atom. The van der Waals surface area contributed by atoms with Gasteiger partial charge in [-0.05, 0) is 18.2 Å². The van der Waals surface area contributed by atoms with Gasteiger partial charge < -0.3 is 15.5 Å². The summed E-state index contributed by atoms with van der Waals surface area (Å²) >= 11 is 0. The smallest absolute Gasteiger partial charge is 0.352 e. The molecular formula is C12H11NO5. The van der Waals surface area contributed by atoms with Crippen LogP contribution in [0.15, 0.2) is 42.1 Å². The normalized spacial score (nSPS) is 10.8. The molecule has 0 fully saturated rings. The summed E-state index contributed by atoms with van der Waals surface area (Å²) in [5, 5.41) is 19.4. The van der Waals surface area contributed by atoms with E-state index in [4.69, 9.17) is 10.2 Å². The van der Waals surface area contributed by atoms with E-state index in [1.807, 2.05) is 0 Å². The van der Waals surface area contributed by atoms with Crippen LogP contribution in [0.5, 0.6) is 0 Å². The van der Waals surface area contributed by atoms with Crippen molar-refractivity contribution in [2.75, 3.05) is 0 Å². The number of benzene rings is 1. The molecule has 0 spiro atoms. The van der Waals surface area contributed by atoms with E-state index in [-0.39, 0.29) is 0 Å². The summed E-state index contributed by atoms with van der Waals surface area (Å²) in [7, 11) is 0. The third-order valence-electron chi connectivity index (χ3n) is 2.00. The topological polar surface area (TPSA) is 104 Å². The highest BCUT2D eigenvalue weighted by molar-refractivity contribution is 6.00. The van der Waals surface area contributed by atoms with Crippen LogP contribution >= 0.6 is 0 Å². The quantitative estimate of drug-likeness (QED) is 0.671. The Morgan fingerprint density at radius 2 is 1.72 bits per heavy atom. The van der Waals surface area contributed by atoms with E-state index >= 15 is 0 Å². The molecule has 0 radical (unpaired) electrons. The van der Waals surface area contributed by atoms with E-state index in [2.05, 4.69) is 5.32 Å². The fraction of sp³-hybridized carbons (Fsp3) is 0.0833. The molecule has 6 heteroatoms. The predicted octanol–water partition coefficient (Wildman–Crippen LogP) is 0.860. The van der Waals surface area contributed by atoms with Crippen LogP contribution in [0.25, 0.3) is 0 Å². The monoisotopic (exact) mass is 249 g/mol. The number of aliphatic carboxylic acids is 2. The molecule has 6 nitrogen and oxygen atoms in total. The number of hydrogen-bond acceptors (Lipinski definition) is 3. The maximum atomic E-state index is 11.6. The number of nitrogens with one attached hydrogen (secondary N) is 1. The molecule has 1 amide bonds. The van der Waals surface area contributed by atoms with E-state index in [1.54, 1.807) is 18.2 Å². The van der Waals surface area contributed by atoms with Gasteiger partial charge in [-0.15, -0.1) is 0 Å². The van der Waals surface area contributed by atoms with Gasteiger partial charge in [0.2, 0.25) is 0 Å². The van der Waals surface area contributed by atoms with Gasteiger partial charge in [0.15, 0.2) is 0 Å². The molecule has 0 atom stereocenters. The molecule has 0 aliphatic heterocycles. The number of rotatable bonds is 5. The molecule has 3 N–H and O–H groups in total. The van der Waals surface area contributed by atoms with Crippen molar-refractivity contribution < 1.29 is 24.6 Å². The van der Waals surface area contributed by atoms with E-state index < -0.39 is 30.0 Å². The van der Waals surface area contributed by atoms with Gasteiger partial charge in [-0.3, -0.25) is 9.59 Å². The fourth-order valence-electron chi connectivity index (χ4n) is 1.17. The lowest BCUT2D eigenvalue weighted by atomic mass is 10.2. The number of carbonyl (C=O) groups excluding carboxylic acids is 1. The first-order chi connectivity index (χ1) is 8.50. The Balaban J connectivity index is 2.79. The van der Waals surface area contributed by atoms with Gasteiger partial charge in [-0.1, -0.05) is 18.2 Å². The van der Waals surface area contributed by atoms with Crippen molar-refractivity contribution in [3.8, 4) is 0 Å². The van der Waals surface area contributed by atoms with E-state index in [0.717, 1.165) is 6.08 Å². The van der Waals surface area contributed by atoms with E-state index in [0.29, 0.717) is 5.56 Å². The van der Waals surface area contributed by atoms with Crippen molar-refractivity contribution in [3.63, 3.8) is 0 Å². The van der Waals surface area contributed by atoms with Gasteiger partial charge in [0.1, 0.15) is 5.70 Å². The second-order valence-corrected chi connectivity index (χ2v) is 3.34. The second kappa shape index (κ2) is 6.19. The molecule has 0 heterocycles. The minimum atomic E-state index is -1.39. The number of carboxylic acids is 2. The summed E-state index contributed by atoms with van der Waals surface area (Å²) in [6.45, 7) is 0. The third-order valence-corrected chi connectivity index (χ3v) is 2.00. The van der Waals surface area contributed by atoms with Gasteiger partial charge in [0.25, 0.3) is 5.91 Å². The van der Waals surface area contributed by atoms with Crippen molar-refractivity contribution in [1.82, 2.24) is 5.32 Å². The summed E-state index contributed by atoms with van der Waals surface area (Å²) in [4.78, 5) is 32.8. The lowest BCUT2D eigenvalue weighted by Gasteiger charge is -2.05. The molecule has 0 unspecified atom stereocenters. The van der Waals surface area contributed by atoms with Crippen molar-refractivity contribution in [1.29, 1.82) is 0 Å². The van der Waals surface area contributed by atoms with Crippen molar-refractivity contribution >= 4 is 17.8 Å². The maximum Gasteiger partial charge on any atom is 0.352 e. The molecule has 1 rings (SSSR count). The Morgan fingerprint density at radius 3 is 2.22 bits per heavy atom. The van der Waals surface area contributed by atoms with Crippen LogP contribution in [0.2, 0.25) is 0 Å². The molecule has 0 saturated heterocycles. The SMILES string of the molecule is O=C(O)CC=C(NC(=O)c1ccccc1)C(=O)O. The average molecular weight is 249 g/mol. The summed E-state index contributed by atoms with van der Waals surface area (Å²) in [5.74, 6) is -3.17. The van der Waals surface area contributed by atoms with Crippen molar-refractivity contribution in [2.45, 2.75) is 6.42 Å². The highest BCUT2D eigenvalue weighted by atomic mass is 16.4. The first kappa shape index (κ1) is 13.4. The summed E-state index contributed by atoms with van der Waals surface area (Å²) in [6, 6.07) is 8.03. The Labute approximate surface area is 103 Å². The third kappa shape index (κ3) is 4.09. The molecule has 94 valence electrons. The zero-order valence-electron chi connectivity index (χ0n) is 9.29. The van der Waals surface area contributed by atoms with Gasteiger partial charge in [-0.25, -0.2) is 4.79 Å². The Hall–Kier alpha value is -2.63. The molecular weight excluding hydrogens is 238 g/mol. The Bertz CT molecular complexity index is 492. The molecule has 0 bridgehead atoms. The van der Waals surface area contributed by atoms with Crippen LogP contribution in [0.3, 0.4) is 0 Å². The standard InChI is InChI=1S/C12H11NO5/c14-10(15)7-6-9(12(17)18)13-11(16)8-4-2-1-3-5-8/h1-6H,7H2,(H,13,16)(H,14,15)(H,17,18). The number of hydrogen-bond donors (Lipinski definition) is 3. The lowest BCUT2D eigenvalue weighted by Crippen LogP contribution is -2.27. The van der Waals surface area contributed by atoms with Gasteiger partial charge in [0.05, 0.1) is 6.42 Å². The van der Waals surface area contributed by atoms with Crippen LogP contribution in [-0.2, 0) is 9.59 Å². The zero-order chi connectivity index (χ0) is 13.5. The summed E-state index contributed by atoms with van der Waals surface area (Å²) < 4.78 is 0. The predicted molar refractivity (Wildman–Crippen MR) is 61.9 cm³/mol. The highest BCUT2D eigenvalue weighted by Gasteiger charge is 2.13. The van der Waals surface area contributed by atoms with E-state index in [9.17, 15) is 14.4 Å². The van der Waals surface area contributed by atoms with Crippen molar-refractivity contribution in [2.24, 2.45) is 0 Å². The largest absolute Gasteiger partial charge is 0.481 e. The van der Waals surface area contributed by atoms with Crippen LogP contribution in [0, 0.1) is 0 Å². The van der Waals surface area contributed by atoms with Crippen LogP contribution in [0.1, 0.15) is 16.8 Å². The minimum absolute atomic E-state index is 0.292. The lowest BCUT2D eigenvalue weighted by molar-refractivity contribution is -0.136. The fourth-order valence-corrected chi connectivity index (χ4v) is 1.17. The van der Waals surface area contributed by atoms with Gasteiger partial charge in [-0.2, -0.15) is 0 Å². The number of amides is 1. The highest BCUT2D eigenvalue weighted by Crippen LogP contribution is 2.01. The minimum Gasteiger partial charge on any atom is -0.481 e. The first-order valence-corrected chi connectivity index (χ1v) is 5.02. The summed E-state index contributed by atoms with van der Waals surface area (Å²) in [5.41, 5.74) is -0.161. The average Bonchev–Trinajstić information content (AvgIpc) is 2.34. The number of carboxylic acid groups (broad SMARTS) is 2. The van der Waals surface area contributed by atoms with Crippen LogP contribution in [0.4, 0.5) is 0 Å². The van der Waals surface area contributed by atoms with E-state index in [1.165, 1.54) is 12.1 Å². The van der Waals surface area contributed by atoms with Crippen molar-refractivity contribution in [3.05, 3.63) is 47.7 Å². The second-order valence-electron chi connectivity index (χ2n) is 3.34. The zero-order valence-corrected chi connectivity index (χ0v) is 9.29. The first-order valence-electron chi connectivity index (χ1n) is 5.02. The molecule has 18 heavy (non-hydrogen) atoms. The van der Waals surface area contributed by atoms with Crippen LogP contribution < -0.4 is 5.32 Å². The molecule has 0 aliphatic carbocycles. The maximum absolute atomic E-state index is 11.6. The molecule has 0 saturated carbocycles. The molecule has 1 aromatic rings. The van der Waals surface area contributed by atoms with Gasteiger partial charge in [0, 0.05) is 5.56 Å². The molecule has 1 aromatic carbocycles. The Kier molecular flexibility index (Phi) is 4.62. The van der Waals surface area contributed by atoms with Gasteiger partial charge >= 0.3 is 11.9 Å². The summed E-state index contributed by atoms with van der Waals surface area (Å²) in [6.07, 6.45) is 0.461.